The molecule has 3 rings (SSSR count). The molecule has 0 radical (unpaired) electrons. The largest absolute Gasteiger partial charge is 0.417 e. The first-order valence-corrected chi connectivity index (χ1v) is 9.96. The van der Waals surface area contributed by atoms with Crippen LogP contribution in [-0.2, 0) is 23.2 Å². The second-order valence-electron chi connectivity index (χ2n) is 6.37. The molecular formula is C17H17F3N4O4S. The molecule has 1 aliphatic rings. The summed E-state index contributed by atoms with van der Waals surface area (Å²) in [5, 5.41) is 3.86. The maximum atomic E-state index is 13.2. The van der Waals surface area contributed by atoms with Crippen LogP contribution in [0.5, 0.6) is 0 Å². The summed E-state index contributed by atoms with van der Waals surface area (Å²) in [5.74, 6) is -0.492. The van der Waals surface area contributed by atoms with Gasteiger partial charge in [0, 0.05) is 39.3 Å². The van der Waals surface area contributed by atoms with Gasteiger partial charge >= 0.3 is 6.18 Å². The third-order valence-corrected chi connectivity index (χ3v) is 6.47. The van der Waals surface area contributed by atoms with Crippen molar-refractivity contribution in [2.75, 3.05) is 26.2 Å². The number of hydrogen-bond donors (Lipinski definition) is 0. The number of halogens is 3. The average molecular weight is 430 g/mol. The van der Waals surface area contributed by atoms with Crippen LogP contribution >= 0.6 is 0 Å². The molecule has 1 aliphatic heterocycles. The number of sulfonamides is 1. The van der Waals surface area contributed by atoms with Crippen LogP contribution in [0.3, 0.4) is 0 Å². The Bertz CT molecular complexity index is 1090. The maximum Gasteiger partial charge on any atom is 0.417 e. The molecule has 0 spiro atoms. The SMILES string of the molecule is Cn1nc(C(=O)N2CCN(S(=O)(=O)c3ccccc3C(F)(F)F)CC2)ccc1=O. The second-order valence-corrected chi connectivity index (χ2v) is 8.28. The first-order valence-electron chi connectivity index (χ1n) is 8.52. The van der Waals surface area contributed by atoms with E-state index >= 15 is 0 Å². The number of alkyl halides is 3. The van der Waals surface area contributed by atoms with E-state index in [1.54, 1.807) is 0 Å². The highest BCUT2D eigenvalue weighted by molar-refractivity contribution is 7.89. The smallest absolute Gasteiger partial charge is 0.335 e. The average Bonchev–Trinajstić information content (AvgIpc) is 2.69. The third-order valence-electron chi connectivity index (χ3n) is 4.52. The van der Waals surface area contributed by atoms with E-state index < -0.39 is 32.6 Å². The Hall–Kier alpha value is -2.73. The predicted octanol–water partition coefficient (Wildman–Crippen LogP) is 0.946. The minimum absolute atomic E-state index is 0.0171. The van der Waals surface area contributed by atoms with Crippen LogP contribution in [0.25, 0.3) is 0 Å². The molecule has 0 saturated carbocycles. The Kier molecular flexibility index (Phi) is 5.50. The van der Waals surface area contributed by atoms with Gasteiger partial charge < -0.3 is 4.90 Å². The molecule has 0 aliphatic carbocycles. The number of amides is 1. The van der Waals surface area contributed by atoms with Crippen LogP contribution in [0, 0.1) is 0 Å². The van der Waals surface area contributed by atoms with E-state index in [4.69, 9.17) is 0 Å². The first-order chi connectivity index (χ1) is 13.5. The highest BCUT2D eigenvalue weighted by Crippen LogP contribution is 2.35. The number of benzene rings is 1. The van der Waals surface area contributed by atoms with Gasteiger partial charge in [0.25, 0.3) is 11.5 Å². The van der Waals surface area contributed by atoms with Gasteiger partial charge in [0.1, 0.15) is 5.69 Å². The number of rotatable bonds is 3. The highest BCUT2D eigenvalue weighted by atomic mass is 32.2. The minimum Gasteiger partial charge on any atom is -0.335 e. The van der Waals surface area contributed by atoms with Gasteiger partial charge in [-0.25, -0.2) is 13.1 Å². The fourth-order valence-corrected chi connectivity index (χ4v) is 4.61. The highest BCUT2D eigenvalue weighted by Gasteiger charge is 2.39. The van der Waals surface area contributed by atoms with Crippen LogP contribution in [0.2, 0.25) is 0 Å². The van der Waals surface area contributed by atoms with Crippen molar-refractivity contribution in [3.05, 3.63) is 58.0 Å². The molecule has 0 bridgehead atoms. The lowest BCUT2D eigenvalue weighted by molar-refractivity contribution is -0.139. The van der Waals surface area contributed by atoms with E-state index in [1.807, 2.05) is 0 Å². The minimum atomic E-state index is -4.81. The van der Waals surface area contributed by atoms with Gasteiger partial charge in [-0.2, -0.15) is 22.6 Å². The van der Waals surface area contributed by atoms with Crippen LogP contribution < -0.4 is 5.56 Å². The van der Waals surface area contributed by atoms with Gasteiger partial charge in [-0.05, 0) is 18.2 Å². The van der Waals surface area contributed by atoms with Gasteiger partial charge in [0.15, 0.2) is 0 Å². The normalized spacial score (nSPS) is 16.1. The fourth-order valence-electron chi connectivity index (χ4n) is 2.97. The van der Waals surface area contributed by atoms with E-state index in [1.165, 1.54) is 30.1 Å². The Morgan fingerprint density at radius 2 is 1.66 bits per heavy atom. The third kappa shape index (κ3) is 4.17. The van der Waals surface area contributed by atoms with Gasteiger partial charge in [-0.1, -0.05) is 12.1 Å². The Morgan fingerprint density at radius 1 is 1.03 bits per heavy atom. The zero-order valence-electron chi connectivity index (χ0n) is 15.3. The summed E-state index contributed by atoms with van der Waals surface area (Å²) in [4.78, 5) is 24.4. The van der Waals surface area contributed by atoms with Crippen molar-refractivity contribution in [3.8, 4) is 0 Å². The summed E-state index contributed by atoms with van der Waals surface area (Å²) in [6, 6.07) is 6.45. The molecule has 8 nitrogen and oxygen atoms in total. The number of aromatic nitrogens is 2. The summed E-state index contributed by atoms with van der Waals surface area (Å²) in [7, 11) is -3.00. The second kappa shape index (κ2) is 7.59. The van der Waals surface area contributed by atoms with Crippen LogP contribution in [0.15, 0.2) is 46.1 Å². The van der Waals surface area contributed by atoms with Gasteiger partial charge in [-0.15, -0.1) is 0 Å². The summed E-state index contributed by atoms with van der Waals surface area (Å²) < 4.78 is 67.0. The number of aryl methyl sites for hydroxylation is 1. The van der Waals surface area contributed by atoms with E-state index in [9.17, 15) is 31.2 Å². The predicted molar refractivity (Wildman–Crippen MR) is 95.6 cm³/mol. The number of carbonyl (C=O) groups is 1. The first kappa shape index (κ1) is 21.0. The molecule has 2 heterocycles. The molecule has 0 N–H and O–H groups in total. The molecule has 1 fully saturated rings. The Labute approximate surface area is 164 Å². The molecule has 1 saturated heterocycles. The topological polar surface area (TPSA) is 92.6 Å². The molecule has 1 aromatic heterocycles. The summed E-state index contributed by atoms with van der Waals surface area (Å²) in [5.41, 5.74) is -1.60. The van der Waals surface area contributed by atoms with Crippen molar-refractivity contribution in [3.63, 3.8) is 0 Å². The lowest BCUT2D eigenvalue weighted by atomic mass is 10.2. The van der Waals surface area contributed by atoms with Gasteiger partial charge in [0.2, 0.25) is 10.0 Å². The Morgan fingerprint density at radius 3 is 2.24 bits per heavy atom. The van der Waals surface area contributed by atoms with Crippen LogP contribution in [0.1, 0.15) is 16.1 Å². The quantitative estimate of drug-likeness (QED) is 0.723. The monoisotopic (exact) mass is 430 g/mol. The lowest BCUT2D eigenvalue weighted by Crippen LogP contribution is -2.51. The zero-order valence-corrected chi connectivity index (χ0v) is 16.1. The maximum absolute atomic E-state index is 13.2. The zero-order chi connectivity index (χ0) is 21.4. The number of hydrogen-bond acceptors (Lipinski definition) is 5. The number of piperazine rings is 1. The van der Waals surface area contributed by atoms with Crippen molar-refractivity contribution in [2.24, 2.45) is 7.05 Å². The van der Waals surface area contributed by atoms with Crippen LogP contribution in [-0.4, -0.2) is 59.5 Å². The van der Waals surface area contributed by atoms with Crippen molar-refractivity contribution in [1.82, 2.24) is 19.0 Å². The van der Waals surface area contributed by atoms with E-state index in [0.29, 0.717) is 0 Å². The lowest BCUT2D eigenvalue weighted by Gasteiger charge is -2.34. The Balaban J connectivity index is 1.78. The number of carbonyl (C=O) groups excluding carboxylic acids is 1. The van der Waals surface area contributed by atoms with E-state index in [0.717, 1.165) is 27.2 Å². The van der Waals surface area contributed by atoms with Crippen molar-refractivity contribution >= 4 is 15.9 Å². The fraction of sp³-hybridized carbons (Fsp3) is 0.353. The summed E-state index contributed by atoms with van der Waals surface area (Å²) in [6.45, 7) is -0.356. The van der Waals surface area contributed by atoms with Crippen LogP contribution in [0.4, 0.5) is 13.2 Å². The molecule has 1 amide bonds. The molecule has 2 aromatic rings. The molecule has 0 unspecified atom stereocenters. The molecular weight excluding hydrogens is 413 g/mol. The van der Waals surface area contributed by atoms with Crippen molar-refractivity contribution < 1.29 is 26.4 Å². The van der Waals surface area contributed by atoms with E-state index in [2.05, 4.69) is 5.10 Å². The van der Waals surface area contributed by atoms with E-state index in [-0.39, 0.29) is 37.4 Å². The number of nitrogens with zero attached hydrogens (tertiary/aromatic N) is 4. The summed E-state index contributed by atoms with van der Waals surface area (Å²) >= 11 is 0. The van der Waals surface area contributed by atoms with Crippen molar-refractivity contribution in [1.29, 1.82) is 0 Å². The molecule has 156 valence electrons. The molecule has 1 aromatic carbocycles. The summed E-state index contributed by atoms with van der Waals surface area (Å²) in [6.07, 6.45) is -4.81. The van der Waals surface area contributed by atoms with Crippen molar-refractivity contribution in [2.45, 2.75) is 11.1 Å². The molecule has 0 atom stereocenters. The standard InChI is InChI=1S/C17H17F3N4O4S/c1-22-15(25)7-6-13(21-22)16(26)23-8-10-24(11-9-23)29(27,28)14-5-3-2-4-12(14)17(18,19)20/h2-7H,8-11H2,1H3. The van der Waals surface area contributed by atoms with Gasteiger partial charge in [0.05, 0.1) is 10.5 Å². The molecule has 12 heteroatoms. The molecule has 29 heavy (non-hydrogen) atoms. The van der Waals surface area contributed by atoms with Gasteiger partial charge in [-0.3, -0.25) is 9.59 Å².